The second-order valence-corrected chi connectivity index (χ2v) is 7.10. The summed E-state index contributed by atoms with van der Waals surface area (Å²) in [7, 11) is 1.43. The zero-order valence-corrected chi connectivity index (χ0v) is 16.0. The van der Waals surface area contributed by atoms with Crippen LogP contribution in [0.3, 0.4) is 0 Å². The number of ether oxygens (including phenoxy) is 1. The lowest BCUT2D eigenvalue weighted by Gasteiger charge is -2.14. The van der Waals surface area contributed by atoms with E-state index in [1.807, 2.05) is 6.07 Å². The summed E-state index contributed by atoms with van der Waals surface area (Å²) >= 11 is 0. The standard InChI is InChI=1S/C21H20FN3O4/c1-10-14(6-23)12-3-11-7-25-18(20(11)24-17(12)5-16(10)22)4-13(19(27)8-26)15(9-29-2)21(25)28/h3-5,8,19,27H,6-7,9,23H2,1-2H3. The molecule has 0 saturated carbocycles. The summed E-state index contributed by atoms with van der Waals surface area (Å²) in [5.74, 6) is -0.395. The minimum Gasteiger partial charge on any atom is -0.381 e. The van der Waals surface area contributed by atoms with Crippen LogP contribution >= 0.6 is 0 Å². The largest absolute Gasteiger partial charge is 0.381 e. The Kier molecular flexibility index (Phi) is 4.77. The number of fused-ring (bicyclic) bond motifs is 4. The molecule has 0 radical (unpaired) electrons. The van der Waals surface area contributed by atoms with Crippen molar-refractivity contribution in [1.82, 2.24) is 9.55 Å². The lowest BCUT2D eigenvalue weighted by atomic mass is 9.99. The van der Waals surface area contributed by atoms with Crippen molar-refractivity contribution in [1.29, 1.82) is 0 Å². The highest BCUT2D eigenvalue weighted by atomic mass is 19.1. The first-order valence-electron chi connectivity index (χ1n) is 9.12. The van der Waals surface area contributed by atoms with Crippen LogP contribution in [0.25, 0.3) is 22.3 Å². The molecule has 4 rings (SSSR count). The molecule has 1 unspecified atom stereocenters. The van der Waals surface area contributed by atoms with E-state index in [4.69, 9.17) is 10.5 Å². The molecular formula is C21H20FN3O4. The number of hydrogen-bond donors (Lipinski definition) is 2. The van der Waals surface area contributed by atoms with Gasteiger partial charge < -0.3 is 24.9 Å². The van der Waals surface area contributed by atoms with Gasteiger partial charge in [-0.15, -0.1) is 0 Å². The number of nitrogens with zero attached hydrogens (tertiary/aromatic N) is 2. The summed E-state index contributed by atoms with van der Waals surface area (Å²) in [5, 5.41) is 10.8. The van der Waals surface area contributed by atoms with Gasteiger partial charge in [-0.25, -0.2) is 9.37 Å². The van der Waals surface area contributed by atoms with Crippen LogP contribution < -0.4 is 11.3 Å². The molecular weight excluding hydrogens is 377 g/mol. The van der Waals surface area contributed by atoms with Gasteiger partial charge in [0.1, 0.15) is 11.9 Å². The Bertz CT molecular complexity index is 1220. The molecule has 0 bridgehead atoms. The maximum atomic E-state index is 14.3. The van der Waals surface area contributed by atoms with Crippen LogP contribution in [0.1, 0.15) is 33.9 Å². The van der Waals surface area contributed by atoms with Crippen LogP contribution in [-0.4, -0.2) is 28.1 Å². The number of nitrogens with two attached hydrogens (primary N) is 1. The number of rotatable bonds is 5. The van der Waals surface area contributed by atoms with Crippen LogP contribution in [-0.2, 0) is 29.2 Å². The third-order valence-corrected chi connectivity index (χ3v) is 5.48. The monoisotopic (exact) mass is 397 g/mol. The minimum atomic E-state index is -1.45. The zero-order valence-electron chi connectivity index (χ0n) is 16.0. The third-order valence-electron chi connectivity index (χ3n) is 5.48. The Morgan fingerprint density at radius 2 is 2.14 bits per heavy atom. The predicted molar refractivity (Wildman–Crippen MR) is 105 cm³/mol. The van der Waals surface area contributed by atoms with Crippen molar-refractivity contribution in [3.63, 3.8) is 0 Å². The van der Waals surface area contributed by atoms with Gasteiger partial charge in [0, 0.05) is 41.8 Å². The first kappa shape index (κ1) is 19.4. The highest BCUT2D eigenvalue weighted by Crippen LogP contribution is 2.35. The number of methoxy groups -OCH3 is 1. The Morgan fingerprint density at radius 1 is 1.38 bits per heavy atom. The van der Waals surface area contributed by atoms with Crippen LogP contribution in [0.15, 0.2) is 23.0 Å². The smallest absolute Gasteiger partial charge is 0.257 e. The molecule has 0 fully saturated rings. The van der Waals surface area contributed by atoms with Crippen molar-refractivity contribution in [2.24, 2.45) is 5.73 Å². The lowest BCUT2D eigenvalue weighted by Crippen LogP contribution is -2.26. The molecule has 150 valence electrons. The van der Waals surface area contributed by atoms with Crippen LogP contribution in [0.5, 0.6) is 0 Å². The van der Waals surface area contributed by atoms with Crippen LogP contribution in [0.2, 0.25) is 0 Å². The van der Waals surface area contributed by atoms with Gasteiger partial charge in [-0.05, 0) is 30.2 Å². The molecule has 0 saturated heterocycles. The van der Waals surface area contributed by atoms with E-state index < -0.39 is 11.9 Å². The second kappa shape index (κ2) is 7.14. The summed E-state index contributed by atoms with van der Waals surface area (Å²) in [6.07, 6.45) is -1.09. The van der Waals surface area contributed by atoms with Crippen molar-refractivity contribution >= 4 is 17.2 Å². The second-order valence-electron chi connectivity index (χ2n) is 7.10. The number of benzene rings is 1. The number of carbonyl (C=O) groups is 1. The molecule has 0 aliphatic carbocycles. The third kappa shape index (κ3) is 2.88. The fourth-order valence-corrected chi connectivity index (χ4v) is 3.96. The predicted octanol–water partition coefficient (Wildman–Crippen LogP) is 1.71. The summed E-state index contributed by atoms with van der Waals surface area (Å²) in [5.41, 5.74) is 9.25. The van der Waals surface area contributed by atoms with Gasteiger partial charge in [-0.2, -0.15) is 0 Å². The molecule has 8 heteroatoms. The number of aldehydes is 1. The Balaban J connectivity index is 2.01. The van der Waals surface area contributed by atoms with E-state index in [9.17, 15) is 19.1 Å². The van der Waals surface area contributed by atoms with Crippen molar-refractivity contribution < 1.29 is 19.0 Å². The maximum absolute atomic E-state index is 14.3. The van der Waals surface area contributed by atoms with Crippen molar-refractivity contribution in [3.05, 3.63) is 62.2 Å². The van der Waals surface area contributed by atoms with Gasteiger partial charge >= 0.3 is 0 Å². The molecule has 2 aromatic heterocycles. The lowest BCUT2D eigenvalue weighted by molar-refractivity contribution is -0.115. The molecule has 1 aliphatic heterocycles. The molecule has 0 amide bonds. The van der Waals surface area contributed by atoms with E-state index >= 15 is 0 Å². The van der Waals surface area contributed by atoms with E-state index in [1.165, 1.54) is 17.7 Å². The summed E-state index contributed by atoms with van der Waals surface area (Å²) in [6, 6.07) is 4.81. The van der Waals surface area contributed by atoms with Crippen LogP contribution in [0.4, 0.5) is 4.39 Å². The molecule has 1 aliphatic rings. The van der Waals surface area contributed by atoms with Gasteiger partial charge in [0.05, 0.1) is 30.1 Å². The van der Waals surface area contributed by atoms with Crippen molar-refractivity contribution in [2.75, 3.05) is 7.11 Å². The number of hydrogen-bond acceptors (Lipinski definition) is 6. The first-order valence-corrected chi connectivity index (χ1v) is 9.12. The van der Waals surface area contributed by atoms with Gasteiger partial charge in [-0.1, -0.05) is 0 Å². The van der Waals surface area contributed by atoms with Gasteiger partial charge in [0.25, 0.3) is 5.56 Å². The summed E-state index contributed by atoms with van der Waals surface area (Å²) < 4.78 is 20.9. The van der Waals surface area contributed by atoms with Crippen molar-refractivity contribution in [3.8, 4) is 11.4 Å². The van der Waals surface area contributed by atoms with Gasteiger partial charge in [0.2, 0.25) is 0 Å². The Hall–Kier alpha value is -2.94. The van der Waals surface area contributed by atoms with E-state index in [0.717, 1.165) is 10.9 Å². The fourth-order valence-electron chi connectivity index (χ4n) is 3.96. The maximum Gasteiger partial charge on any atom is 0.257 e. The molecule has 0 spiro atoms. The average Bonchev–Trinajstić information content (AvgIpc) is 3.07. The SMILES string of the molecule is COCc1c(C(O)C=O)cc2n(c1=O)Cc1cc3c(CN)c(C)c(F)cc3nc1-2. The van der Waals surface area contributed by atoms with E-state index in [2.05, 4.69) is 4.98 Å². The number of aromatic nitrogens is 2. The number of pyridine rings is 2. The minimum absolute atomic E-state index is 0.0349. The topological polar surface area (TPSA) is 107 Å². The van der Waals surface area contributed by atoms with E-state index in [-0.39, 0.29) is 36.4 Å². The Labute approximate surface area is 165 Å². The number of halogens is 1. The summed E-state index contributed by atoms with van der Waals surface area (Å²) in [6.45, 7) is 2.09. The number of aliphatic hydroxyl groups is 1. The molecule has 29 heavy (non-hydrogen) atoms. The normalized spacial score (nSPS) is 13.4. The molecule has 3 N–H and O–H groups in total. The average molecular weight is 397 g/mol. The first-order chi connectivity index (χ1) is 13.9. The fraction of sp³-hybridized carbons (Fsp3) is 0.286. The quantitative estimate of drug-likeness (QED) is 0.497. The molecule has 7 nitrogen and oxygen atoms in total. The Morgan fingerprint density at radius 3 is 2.79 bits per heavy atom. The number of aliphatic hydroxyl groups excluding tert-OH is 1. The molecule has 1 aromatic carbocycles. The van der Waals surface area contributed by atoms with E-state index in [0.29, 0.717) is 34.3 Å². The van der Waals surface area contributed by atoms with Gasteiger partial charge in [0.15, 0.2) is 6.29 Å². The van der Waals surface area contributed by atoms with Crippen molar-refractivity contribution in [2.45, 2.75) is 32.7 Å². The summed E-state index contributed by atoms with van der Waals surface area (Å²) in [4.78, 5) is 28.8. The molecule has 3 aromatic rings. The highest BCUT2D eigenvalue weighted by molar-refractivity contribution is 5.88. The zero-order chi connectivity index (χ0) is 20.9. The van der Waals surface area contributed by atoms with Crippen LogP contribution in [0, 0.1) is 12.7 Å². The molecule has 3 heterocycles. The highest BCUT2D eigenvalue weighted by Gasteiger charge is 2.27. The van der Waals surface area contributed by atoms with E-state index in [1.54, 1.807) is 13.0 Å². The molecule has 1 atom stereocenters. The number of carbonyl (C=O) groups excluding carboxylic acids is 1. The van der Waals surface area contributed by atoms with Gasteiger partial charge in [-0.3, -0.25) is 4.79 Å².